The lowest BCUT2D eigenvalue weighted by Crippen LogP contribution is -2.48. The highest BCUT2D eigenvalue weighted by molar-refractivity contribution is 7.89. The van der Waals surface area contributed by atoms with Crippen molar-refractivity contribution in [2.45, 2.75) is 36.3 Å². The Bertz CT molecular complexity index is 1610. The highest BCUT2D eigenvalue weighted by Crippen LogP contribution is 2.32. The summed E-state index contributed by atoms with van der Waals surface area (Å²) in [5.74, 6) is -1.36. The summed E-state index contributed by atoms with van der Waals surface area (Å²) >= 11 is 0. The molecule has 2 fully saturated rings. The van der Waals surface area contributed by atoms with Gasteiger partial charge in [0, 0.05) is 18.7 Å². The maximum atomic E-state index is 13.6. The number of fused-ring (bicyclic) bond motifs is 1. The molecule has 0 bridgehead atoms. The molecule has 2 saturated heterocycles. The Morgan fingerprint density at radius 1 is 1.00 bits per heavy atom. The smallest absolute Gasteiger partial charge is 0.252 e. The van der Waals surface area contributed by atoms with Crippen LogP contribution in [-0.4, -0.2) is 54.8 Å². The highest BCUT2D eigenvalue weighted by Gasteiger charge is 2.47. The summed E-state index contributed by atoms with van der Waals surface area (Å²) in [5.41, 5.74) is 2.31. The monoisotopic (exact) mass is 549 g/mol. The molecule has 1 aromatic heterocycles. The first-order valence-electron chi connectivity index (χ1n) is 12.5. The highest BCUT2D eigenvalue weighted by atomic mass is 32.2. The van der Waals surface area contributed by atoms with Crippen LogP contribution in [0.25, 0.3) is 22.6 Å². The number of amides is 2. The van der Waals surface area contributed by atoms with Crippen molar-refractivity contribution >= 4 is 38.6 Å². The molecule has 0 spiro atoms. The average Bonchev–Trinajstić information content (AvgIpc) is 3.67. The van der Waals surface area contributed by atoms with Crippen molar-refractivity contribution in [3.05, 3.63) is 78.6 Å². The van der Waals surface area contributed by atoms with E-state index in [0.717, 1.165) is 39.9 Å². The number of benzene rings is 3. The lowest BCUT2D eigenvalue weighted by molar-refractivity contribution is -0.122. The summed E-state index contributed by atoms with van der Waals surface area (Å²) in [6.07, 6.45) is 0.669. The topological polar surface area (TPSA) is 110 Å². The molecule has 0 N–H and O–H groups in total. The van der Waals surface area contributed by atoms with Crippen LogP contribution in [0, 0.1) is 5.82 Å². The first-order chi connectivity index (χ1) is 18.8. The van der Waals surface area contributed by atoms with Crippen LogP contribution in [0.1, 0.15) is 19.3 Å². The molecule has 200 valence electrons. The number of halogens is 1. The third-order valence-electron chi connectivity index (χ3n) is 6.96. The van der Waals surface area contributed by atoms with E-state index in [2.05, 4.69) is 4.98 Å². The third kappa shape index (κ3) is 4.73. The van der Waals surface area contributed by atoms with Gasteiger partial charge in [0.25, 0.3) is 5.91 Å². The van der Waals surface area contributed by atoms with Crippen molar-refractivity contribution in [2.75, 3.05) is 18.1 Å². The fourth-order valence-corrected chi connectivity index (χ4v) is 6.60. The molecular formula is C28H24FN3O6S. The maximum Gasteiger partial charge on any atom is 0.252 e. The summed E-state index contributed by atoms with van der Waals surface area (Å²) in [4.78, 5) is 32.0. The van der Waals surface area contributed by atoms with E-state index in [0.29, 0.717) is 41.3 Å². The number of oxazole rings is 1. The van der Waals surface area contributed by atoms with E-state index in [4.69, 9.17) is 9.15 Å². The van der Waals surface area contributed by atoms with Crippen LogP contribution in [0.3, 0.4) is 0 Å². The summed E-state index contributed by atoms with van der Waals surface area (Å²) in [7, 11) is -4.24. The third-order valence-corrected chi connectivity index (χ3v) is 8.85. The summed E-state index contributed by atoms with van der Waals surface area (Å²) in [6, 6.07) is 17.1. The van der Waals surface area contributed by atoms with Gasteiger partial charge in [-0.2, -0.15) is 4.31 Å². The molecule has 39 heavy (non-hydrogen) atoms. The number of hydrogen-bond donors (Lipinski definition) is 0. The predicted octanol–water partition coefficient (Wildman–Crippen LogP) is 4.14. The van der Waals surface area contributed by atoms with Crippen molar-refractivity contribution < 1.29 is 31.6 Å². The second-order valence-electron chi connectivity index (χ2n) is 9.48. The van der Waals surface area contributed by atoms with Gasteiger partial charge < -0.3 is 9.15 Å². The Labute approximate surface area is 223 Å². The number of ether oxygens (including phenoxy) is 1. The maximum absolute atomic E-state index is 13.6. The number of sulfonamides is 1. The number of carbonyl (C=O) groups is 2. The van der Waals surface area contributed by atoms with Crippen molar-refractivity contribution in [3.63, 3.8) is 0 Å². The molecule has 2 atom stereocenters. The van der Waals surface area contributed by atoms with E-state index in [1.54, 1.807) is 24.3 Å². The minimum absolute atomic E-state index is 0.0894. The molecule has 9 nitrogen and oxygen atoms in total. The van der Waals surface area contributed by atoms with Gasteiger partial charge in [-0.15, -0.1) is 0 Å². The fraction of sp³-hybridized carbons (Fsp3) is 0.250. The van der Waals surface area contributed by atoms with Gasteiger partial charge in [-0.1, -0.05) is 12.1 Å². The SMILES string of the molecule is O=C1CC(N(CC2CCCO2)S(=O)(=O)c2ccc(F)cc2)C(=O)N1c1ccc(-c2nc3ccccc3o2)cc1. The molecular weight excluding hydrogens is 525 g/mol. The predicted molar refractivity (Wildman–Crippen MR) is 140 cm³/mol. The summed E-state index contributed by atoms with van der Waals surface area (Å²) in [5, 5.41) is 0. The number of para-hydroxylation sites is 2. The quantitative estimate of drug-likeness (QED) is 0.319. The molecule has 4 aromatic rings. The van der Waals surface area contributed by atoms with Crippen LogP contribution in [0.15, 0.2) is 82.1 Å². The van der Waals surface area contributed by atoms with Crippen LogP contribution in [0.4, 0.5) is 10.1 Å². The van der Waals surface area contributed by atoms with Crippen LogP contribution < -0.4 is 4.90 Å². The molecule has 2 amide bonds. The number of hydrogen-bond acceptors (Lipinski definition) is 7. The zero-order chi connectivity index (χ0) is 27.1. The number of carbonyl (C=O) groups excluding carboxylic acids is 2. The van der Waals surface area contributed by atoms with E-state index < -0.39 is 39.8 Å². The average molecular weight is 550 g/mol. The van der Waals surface area contributed by atoms with Gasteiger partial charge in [-0.3, -0.25) is 9.59 Å². The van der Waals surface area contributed by atoms with E-state index >= 15 is 0 Å². The first-order valence-corrected chi connectivity index (χ1v) is 14.0. The molecule has 2 aliphatic rings. The Morgan fingerprint density at radius 2 is 1.74 bits per heavy atom. The van der Waals surface area contributed by atoms with Crippen molar-refractivity contribution in [1.82, 2.24) is 9.29 Å². The van der Waals surface area contributed by atoms with Crippen LogP contribution in [0.5, 0.6) is 0 Å². The largest absolute Gasteiger partial charge is 0.436 e. The van der Waals surface area contributed by atoms with Gasteiger partial charge in [0.2, 0.25) is 21.8 Å². The Kier molecular flexibility index (Phi) is 6.49. The number of anilines is 1. The zero-order valence-electron chi connectivity index (χ0n) is 20.7. The van der Waals surface area contributed by atoms with Crippen molar-refractivity contribution in [1.29, 1.82) is 0 Å². The molecule has 0 aliphatic carbocycles. The number of imide groups is 1. The minimum Gasteiger partial charge on any atom is -0.436 e. The Hall–Kier alpha value is -3.93. The summed E-state index contributed by atoms with van der Waals surface area (Å²) < 4.78 is 53.3. The van der Waals surface area contributed by atoms with Gasteiger partial charge in [-0.05, 0) is 73.5 Å². The standard InChI is InChI=1S/C28H24FN3O6S/c29-19-9-13-22(14-10-19)39(35,36)31(17-21-4-3-15-37-21)24-16-26(33)32(28(24)34)20-11-7-18(8-12-20)27-30-23-5-1-2-6-25(23)38-27/h1-2,5-14,21,24H,3-4,15-17H2. The zero-order valence-corrected chi connectivity index (χ0v) is 21.5. The van der Waals surface area contributed by atoms with E-state index in [1.807, 2.05) is 24.3 Å². The van der Waals surface area contributed by atoms with Crippen LogP contribution in [0.2, 0.25) is 0 Å². The second-order valence-corrected chi connectivity index (χ2v) is 11.4. The van der Waals surface area contributed by atoms with Crippen molar-refractivity contribution in [3.8, 4) is 11.5 Å². The Balaban J connectivity index is 1.29. The van der Waals surface area contributed by atoms with E-state index in [1.165, 1.54) is 0 Å². The lowest BCUT2D eigenvalue weighted by Gasteiger charge is -2.29. The molecule has 11 heteroatoms. The molecule has 2 unspecified atom stereocenters. The Morgan fingerprint density at radius 3 is 2.44 bits per heavy atom. The number of nitrogens with zero attached hydrogens (tertiary/aromatic N) is 3. The summed E-state index contributed by atoms with van der Waals surface area (Å²) in [6.45, 7) is 0.402. The molecule has 3 heterocycles. The second kappa shape index (κ2) is 9.99. The normalized spacial score (nSPS) is 20.0. The molecule has 2 aliphatic heterocycles. The van der Waals surface area contributed by atoms with Crippen LogP contribution >= 0.6 is 0 Å². The molecule has 0 saturated carbocycles. The van der Waals surface area contributed by atoms with Gasteiger partial charge >= 0.3 is 0 Å². The minimum atomic E-state index is -4.24. The fourth-order valence-electron chi connectivity index (χ4n) is 4.98. The van der Waals surface area contributed by atoms with Gasteiger partial charge in [0.05, 0.1) is 23.1 Å². The molecule has 6 rings (SSSR count). The van der Waals surface area contributed by atoms with Gasteiger partial charge in [-0.25, -0.2) is 22.7 Å². The number of rotatable bonds is 7. The first kappa shape index (κ1) is 25.4. The van der Waals surface area contributed by atoms with Crippen LogP contribution in [-0.2, 0) is 24.3 Å². The molecule has 0 radical (unpaired) electrons. The molecule has 3 aromatic carbocycles. The van der Waals surface area contributed by atoms with Gasteiger partial charge in [0.15, 0.2) is 5.58 Å². The lowest BCUT2D eigenvalue weighted by atomic mass is 10.2. The van der Waals surface area contributed by atoms with Gasteiger partial charge in [0.1, 0.15) is 17.4 Å². The van der Waals surface area contributed by atoms with E-state index in [-0.39, 0.29) is 17.9 Å². The van der Waals surface area contributed by atoms with Crippen molar-refractivity contribution in [2.24, 2.45) is 0 Å². The number of aromatic nitrogens is 1. The van der Waals surface area contributed by atoms with E-state index in [9.17, 15) is 22.4 Å².